The van der Waals surface area contributed by atoms with Crippen LogP contribution >= 0.6 is 11.8 Å². The van der Waals surface area contributed by atoms with Gasteiger partial charge in [-0.3, -0.25) is 0 Å². The lowest BCUT2D eigenvalue weighted by molar-refractivity contribution is 0.0696. The zero-order valence-electron chi connectivity index (χ0n) is 9.96. The number of carboxylic acids is 1. The van der Waals surface area contributed by atoms with Crippen molar-refractivity contribution in [3.63, 3.8) is 0 Å². The number of rotatable bonds is 4. The fourth-order valence-corrected chi connectivity index (χ4v) is 2.32. The molecule has 0 amide bonds. The van der Waals surface area contributed by atoms with Crippen LogP contribution in [0.2, 0.25) is 0 Å². The van der Waals surface area contributed by atoms with Crippen LogP contribution in [-0.2, 0) is 5.75 Å². The summed E-state index contributed by atoms with van der Waals surface area (Å²) >= 11 is 1.54. The number of hydrogen-bond donors (Lipinski definition) is 1. The number of carbonyl (C=O) groups is 1. The molecular formula is C14H13NO2S. The van der Waals surface area contributed by atoms with E-state index in [9.17, 15) is 4.79 Å². The van der Waals surface area contributed by atoms with Crippen LogP contribution in [0.25, 0.3) is 0 Å². The van der Waals surface area contributed by atoms with Crippen molar-refractivity contribution in [2.75, 3.05) is 0 Å². The molecule has 18 heavy (non-hydrogen) atoms. The van der Waals surface area contributed by atoms with E-state index >= 15 is 0 Å². The van der Waals surface area contributed by atoms with Crippen LogP contribution in [0.1, 0.15) is 21.5 Å². The van der Waals surface area contributed by atoms with Gasteiger partial charge in [0.25, 0.3) is 0 Å². The van der Waals surface area contributed by atoms with E-state index in [1.807, 2.05) is 0 Å². The number of benzene rings is 1. The Morgan fingerprint density at radius 3 is 2.67 bits per heavy atom. The van der Waals surface area contributed by atoms with Crippen molar-refractivity contribution in [3.05, 3.63) is 59.3 Å². The van der Waals surface area contributed by atoms with Crippen molar-refractivity contribution in [3.8, 4) is 0 Å². The predicted octanol–water partition coefficient (Wildman–Crippen LogP) is 3.38. The quantitative estimate of drug-likeness (QED) is 0.855. The molecular weight excluding hydrogens is 246 g/mol. The highest BCUT2D eigenvalue weighted by atomic mass is 32.2. The molecule has 2 rings (SSSR count). The zero-order chi connectivity index (χ0) is 13.0. The first-order valence-electron chi connectivity index (χ1n) is 5.53. The maximum absolute atomic E-state index is 10.8. The van der Waals surface area contributed by atoms with E-state index in [-0.39, 0.29) is 5.56 Å². The second-order valence-electron chi connectivity index (χ2n) is 3.96. The lowest BCUT2D eigenvalue weighted by atomic mass is 10.2. The third kappa shape index (κ3) is 3.34. The van der Waals surface area contributed by atoms with Crippen LogP contribution in [0.4, 0.5) is 0 Å². The van der Waals surface area contributed by atoms with Crippen molar-refractivity contribution in [2.45, 2.75) is 17.7 Å². The molecule has 0 saturated heterocycles. The summed E-state index contributed by atoms with van der Waals surface area (Å²) in [5.74, 6) is -0.134. The van der Waals surface area contributed by atoms with Gasteiger partial charge < -0.3 is 5.11 Å². The van der Waals surface area contributed by atoms with Gasteiger partial charge >= 0.3 is 5.97 Å². The number of aromatic nitrogens is 1. The van der Waals surface area contributed by atoms with E-state index in [4.69, 9.17) is 5.11 Å². The summed E-state index contributed by atoms with van der Waals surface area (Å²) in [6.07, 6.45) is 1.53. The molecule has 0 atom stereocenters. The standard InChI is InChI=1S/C14H13NO2S/c1-10-2-4-11(5-3-10)9-18-13-8-12(14(16)17)6-7-15-13/h2-8H,9H2,1H3,(H,16,17). The summed E-state index contributed by atoms with van der Waals surface area (Å²) in [6, 6.07) is 11.4. The van der Waals surface area contributed by atoms with Crippen LogP contribution in [0, 0.1) is 6.92 Å². The van der Waals surface area contributed by atoms with Crippen LogP contribution in [-0.4, -0.2) is 16.1 Å². The van der Waals surface area contributed by atoms with Gasteiger partial charge in [-0.1, -0.05) is 29.8 Å². The molecule has 0 saturated carbocycles. The minimum atomic E-state index is -0.922. The fraction of sp³-hybridized carbons (Fsp3) is 0.143. The van der Waals surface area contributed by atoms with Crippen molar-refractivity contribution < 1.29 is 9.90 Å². The second-order valence-corrected chi connectivity index (χ2v) is 4.96. The van der Waals surface area contributed by atoms with E-state index in [1.54, 1.807) is 6.07 Å². The molecule has 1 aromatic carbocycles. The average molecular weight is 259 g/mol. The maximum atomic E-state index is 10.8. The largest absolute Gasteiger partial charge is 0.478 e. The highest BCUT2D eigenvalue weighted by molar-refractivity contribution is 7.98. The molecule has 4 heteroatoms. The molecule has 1 heterocycles. The SMILES string of the molecule is Cc1ccc(CSc2cc(C(=O)O)ccn2)cc1. The molecule has 0 aliphatic heterocycles. The summed E-state index contributed by atoms with van der Waals surface area (Å²) in [6.45, 7) is 2.05. The maximum Gasteiger partial charge on any atom is 0.335 e. The molecule has 0 aliphatic rings. The highest BCUT2D eigenvalue weighted by Crippen LogP contribution is 2.21. The van der Waals surface area contributed by atoms with E-state index in [2.05, 4.69) is 36.2 Å². The Kier molecular flexibility index (Phi) is 3.99. The lowest BCUT2D eigenvalue weighted by Gasteiger charge is -2.03. The normalized spacial score (nSPS) is 10.3. The smallest absolute Gasteiger partial charge is 0.335 e. The average Bonchev–Trinajstić information content (AvgIpc) is 2.38. The summed E-state index contributed by atoms with van der Waals surface area (Å²) in [4.78, 5) is 15.0. The number of hydrogen-bond acceptors (Lipinski definition) is 3. The van der Waals surface area contributed by atoms with Crippen molar-refractivity contribution in [1.29, 1.82) is 0 Å². The van der Waals surface area contributed by atoms with Crippen LogP contribution < -0.4 is 0 Å². The van der Waals surface area contributed by atoms with Gasteiger partial charge in [-0.25, -0.2) is 9.78 Å². The monoisotopic (exact) mass is 259 g/mol. The lowest BCUT2D eigenvalue weighted by Crippen LogP contribution is -1.96. The third-order valence-electron chi connectivity index (χ3n) is 2.49. The van der Waals surface area contributed by atoms with Gasteiger partial charge in [0.2, 0.25) is 0 Å². The highest BCUT2D eigenvalue weighted by Gasteiger charge is 2.04. The Morgan fingerprint density at radius 2 is 2.00 bits per heavy atom. The van der Waals surface area contributed by atoms with E-state index < -0.39 is 5.97 Å². The van der Waals surface area contributed by atoms with Gasteiger partial charge in [-0.2, -0.15) is 0 Å². The Hall–Kier alpha value is -1.81. The number of pyridine rings is 1. The number of nitrogens with zero attached hydrogens (tertiary/aromatic N) is 1. The molecule has 0 unspecified atom stereocenters. The van der Waals surface area contributed by atoms with Gasteiger partial charge in [0.15, 0.2) is 0 Å². The third-order valence-corrected chi connectivity index (χ3v) is 3.49. The molecule has 1 N–H and O–H groups in total. The molecule has 0 bridgehead atoms. The molecule has 92 valence electrons. The first-order valence-corrected chi connectivity index (χ1v) is 6.51. The summed E-state index contributed by atoms with van der Waals surface area (Å²) < 4.78 is 0. The van der Waals surface area contributed by atoms with Crippen molar-refractivity contribution >= 4 is 17.7 Å². The summed E-state index contributed by atoms with van der Waals surface area (Å²) in [5.41, 5.74) is 2.71. The number of thioether (sulfide) groups is 1. The molecule has 0 aliphatic carbocycles. The number of aryl methyl sites for hydroxylation is 1. The summed E-state index contributed by atoms with van der Waals surface area (Å²) in [7, 11) is 0. The molecule has 2 aromatic rings. The van der Waals surface area contributed by atoms with Gasteiger partial charge in [-0.15, -0.1) is 11.8 Å². The second kappa shape index (κ2) is 5.69. The first kappa shape index (κ1) is 12.6. The minimum Gasteiger partial charge on any atom is -0.478 e. The molecule has 3 nitrogen and oxygen atoms in total. The molecule has 0 spiro atoms. The Morgan fingerprint density at radius 1 is 1.28 bits per heavy atom. The Bertz CT molecular complexity index is 552. The van der Waals surface area contributed by atoms with E-state index in [0.717, 1.165) is 10.8 Å². The fourth-order valence-electron chi connectivity index (χ4n) is 1.46. The minimum absolute atomic E-state index is 0.274. The number of carboxylic acid groups (broad SMARTS) is 1. The number of aromatic carboxylic acids is 1. The topological polar surface area (TPSA) is 50.2 Å². The van der Waals surface area contributed by atoms with Crippen LogP contribution in [0.5, 0.6) is 0 Å². The van der Waals surface area contributed by atoms with Crippen molar-refractivity contribution in [1.82, 2.24) is 4.98 Å². The molecule has 1 aromatic heterocycles. The van der Waals surface area contributed by atoms with E-state index in [1.165, 1.54) is 35.2 Å². The molecule has 0 fully saturated rings. The van der Waals surface area contributed by atoms with Gasteiger partial charge in [0.1, 0.15) is 0 Å². The van der Waals surface area contributed by atoms with Gasteiger partial charge in [0, 0.05) is 11.9 Å². The zero-order valence-corrected chi connectivity index (χ0v) is 10.8. The van der Waals surface area contributed by atoms with E-state index in [0.29, 0.717) is 0 Å². The van der Waals surface area contributed by atoms with Crippen molar-refractivity contribution in [2.24, 2.45) is 0 Å². The molecule has 0 radical (unpaired) electrons. The Balaban J connectivity index is 2.04. The van der Waals surface area contributed by atoms with Gasteiger partial charge in [0.05, 0.1) is 10.6 Å². The van der Waals surface area contributed by atoms with Gasteiger partial charge in [-0.05, 0) is 24.6 Å². The first-order chi connectivity index (χ1) is 8.65. The van der Waals surface area contributed by atoms with Crippen LogP contribution in [0.3, 0.4) is 0 Å². The Labute approximate surface area is 110 Å². The predicted molar refractivity (Wildman–Crippen MR) is 71.9 cm³/mol. The van der Waals surface area contributed by atoms with Crippen LogP contribution in [0.15, 0.2) is 47.6 Å². The summed E-state index contributed by atoms with van der Waals surface area (Å²) in [5, 5.41) is 9.62.